The molecule has 6 nitrogen and oxygen atoms in total. The molecule has 0 fully saturated rings. The maximum Gasteiger partial charge on any atom is 0.137 e. The first kappa shape index (κ1) is 29.0. The Morgan fingerprint density at radius 2 is 0.500 bits per heavy atom. The molecule has 0 saturated heterocycles. The first-order valence-electron chi connectivity index (χ1n) is 6.35. The van der Waals surface area contributed by atoms with Gasteiger partial charge in [-0.05, 0) is 41.5 Å². The summed E-state index contributed by atoms with van der Waals surface area (Å²) in [6.07, 6.45) is 0.250. The minimum Gasteiger partial charge on any atom is -0.300 e. The molecule has 0 aliphatic carbocycles. The summed E-state index contributed by atoms with van der Waals surface area (Å²) < 4.78 is 0. The van der Waals surface area contributed by atoms with E-state index in [1.54, 1.807) is 0 Å². The molecule has 0 amide bonds. The van der Waals surface area contributed by atoms with E-state index < -0.39 is 0 Å². The molecule has 0 radical (unpaired) electrons. The van der Waals surface area contributed by atoms with E-state index in [2.05, 4.69) is 0 Å². The Morgan fingerprint density at radius 3 is 0.500 bits per heavy atom. The number of rotatable bonds is 6. The Kier molecular flexibility index (Phi) is 23.7. The molecule has 0 N–H and O–H groups in total. The van der Waals surface area contributed by atoms with Crippen LogP contribution in [0.25, 0.3) is 0 Å². The summed E-state index contributed by atoms with van der Waals surface area (Å²) in [5, 5.41) is 0. The molecule has 0 aromatic carbocycles. The van der Waals surface area contributed by atoms with Crippen molar-refractivity contribution in [3.8, 4) is 0 Å². The van der Waals surface area contributed by atoms with E-state index in [1.807, 2.05) is 0 Å². The normalized spacial score (nSPS) is 7.91. The first-order chi connectivity index (χ1) is 9.38. The van der Waals surface area contributed by atoms with Gasteiger partial charge in [0.25, 0.3) is 0 Å². The van der Waals surface area contributed by atoms with Crippen molar-refractivity contribution in [1.82, 2.24) is 0 Å². The average Bonchev–Trinajstić information content (AvgIpc) is 2.10. The molecule has 0 saturated carbocycles. The van der Waals surface area contributed by atoms with Crippen LogP contribution in [0.3, 0.4) is 0 Å². The zero-order valence-corrected chi connectivity index (χ0v) is 16.5. The summed E-state index contributed by atoms with van der Waals surface area (Å²) in [5.74, 6) is -0.375. The van der Waals surface area contributed by atoms with Crippen LogP contribution in [0.15, 0.2) is 0 Å². The fraction of sp³-hybridized carbons (Fsp3) is 0.600. The van der Waals surface area contributed by atoms with Crippen molar-refractivity contribution in [1.29, 1.82) is 0 Å². The zero-order valence-electron chi connectivity index (χ0n) is 14.1. The van der Waals surface area contributed by atoms with Gasteiger partial charge in [0.2, 0.25) is 0 Å². The van der Waals surface area contributed by atoms with Crippen LogP contribution in [0.5, 0.6) is 0 Å². The molecule has 0 unspecified atom stereocenters. The molecule has 7 heteroatoms. The molecule has 0 aliphatic rings. The fourth-order valence-electron chi connectivity index (χ4n) is 1.05. The van der Waals surface area contributed by atoms with Crippen molar-refractivity contribution >= 4 is 34.7 Å². The Balaban J connectivity index is -0.000000108. The van der Waals surface area contributed by atoms with Crippen molar-refractivity contribution in [2.45, 2.75) is 60.8 Å². The van der Waals surface area contributed by atoms with Gasteiger partial charge >= 0.3 is 0 Å². The third-order valence-corrected chi connectivity index (χ3v) is 1.49. The second-order valence-electron chi connectivity index (χ2n) is 4.74. The van der Waals surface area contributed by atoms with E-state index in [0.29, 0.717) is 0 Å². The maximum absolute atomic E-state index is 10.0. The Hall–Kier alpha value is -1.10. The Labute approximate surface area is 150 Å². The number of hydrogen-bond donors (Lipinski definition) is 0. The van der Waals surface area contributed by atoms with Gasteiger partial charge in [-0.2, -0.15) is 0 Å². The van der Waals surface area contributed by atoms with Crippen molar-refractivity contribution in [2.75, 3.05) is 0 Å². The van der Waals surface area contributed by atoms with Crippen LogP contribution in [-0.2, 0) is 55.0 Å². The summed E-state index contributed by atoms with van der Waals surface area (Å²) in [7, 11) is 0. The van der Waals surface area contributed by atoms with E-state index >= 15 is 0 Å². The van der Waals surface area contributed by atoms with Gasteiger partial charge in [-0.25, -0.2) is 0 Å². The summed E-state index contributed by atoms with van der Waals surface area (Å²) in [6, 6.07) is 0. The van der Waals surface area contributed by atoms with E-state index in [9.17, 15) is 28.8 Å². The number of carbonyl (C=O) groups is 6. The quantitative estimate of drug-likeness (QED) is 0.638. The molecule has 0 atom stereocenters. The Morgan fingerprint density at radius 1 is 0.409 bits per heavy atom. The smallest absolute Gasteiger partial charge is 0.137 e. The van der Waals surface area contributed by atoms with Crippen LogP contribution >= 0.6 is 0 Å². The van der Waals surface area contributed by atoms with Crippen LogP contribution < -0.4 is 0 Å². The third kappa shape index (κ3) is 51.0. The van der Waals surface area contributed by atoms with E-state index in [4.69, 9.17) is 0 Å². The van der Waals surface area contributed by atoms with Gasteiger partial charge in [-0.15, -0.1) is 0 Å². The third-order valence-electron chi connectivity index (χ3n) is 1.49. The average molecular weight is 392 g/mol. The molecule has 0 aromatic heterocycles. The predicted molar refractivity (Wildman–Crippen MR) is 77.9 cm³/mol. The molecule has 124 valence electrons. The van der Waals surface area contributed by atoms with Gasteiger partial charge in [0, 0.05) is 26.2 Å². The van der Waals surface area contributed by atoms with E-state index in [0.717, 1.165) is 0 Å². The molecular formula is C15H24O6Zr. The van der Waals surface area contributed by atoms with Gasteiger partial charge in [-0.3, -0.25) is 28.8 Å². The van der Waals surface area contributed by atoms with Gasteiger partial charge in [0.05, 0.1) is 19.3 Å². The summed E-state index contributed by atoms with van der Waals surface area (Å²) in [4.78, 5) is 60.2. The fourth-order valence-corrected chi connectivity index (χ4v) is 1.05. The molecule has 22 heavy (non-hydrogen) atoms. The second kappa shape index (κ2) is 18.0. The number of ketones is 6. The maximum atomic E-state index is 10.0. The summed E-state index contributed by atoms with van der Waals surface area (Å²) >= 11 is 0. The standard InChI is InChI=1S/3C5H8O2.Zr/c3*1-4(6)3-5(2)7;/h3*3H2,1-2H3;. The summed E-state index contributed by atoms with van der Waals surface area (Å²) in [5.41, 5.74) is 0. The SMILES string of the molecule is CC(=O)CC(C)=O.CC(=O)CC(C)=O.CC(=O)CC(C)=O.[Zr]. The van der Waals surface area contributed by atoms with E-state index in [-0.39, 0.29) is 80.2 Å². The van der Waals surface area contributed by atoms with Gasteiger partial charge in [0.15, 0.2) is 0 Å². The van der Waals surface area contributed by atoms with Crippen LogP contribution in [0.2, 0.25) is 0 Å². The molecule has 0 aliphatic heterocycles. The monoisotopic (exact) mass is 390 g/mol. The van der Waals surface area contributed by atoms with Gasteiger partial charge in [0.1, 0.15) is 34.7 Å². The van der Waals surface area contributed by atoms with Crippen LogP contribution in [-0.4, -0.2) is 34.7 Å². The van der Waals surface area contributed by atoms with Crippen molar-refractivity contribution in [3.05, 3.63) is 0 Å². The van der Waals surface area contributed by atoms with Crippen molar-refractivity contribution in [3.63, 3.8) is 0 Å². The molecule has 0 heterocycles. The van der Waals surface area contributed by atoms with Crippen LogP contribution in [0, 0.1) is 0 Å². The predicted octanol–water partition coefficient (Wildman–Crippen LogP) is 1.66. The summed E-state index contributed by atoms with van der Waals surface area (Å²) in [6.45, 7) is 8.42. The largest absolute Gasteiger partial charge is 0.300 e. The Bertz CT molecular complexity index is 314. The van der Waals surface area contributed by atoms with Crippen LogP contribution in [0.4, 0.5) is 0 Å². The molecule has 0 rings (SSSR count). The number of hydrogen-bond acceptors (Lipinski definition) is 6. The topological polar surface area (TPSA) is 102 Å². The molecular weight excluding hydrogens is 367 g/mol. The zero-order chi connectivity index (χ0) is 17.6. The van der Waals surface area contributed by atoms with Gasteiger partial charge in [-0.1, -0.05) is 0 Å². The van der Waals surface area contributed by atoms with Crippen molar-refractivity contribution in [2.24, 2.45) is 0 Å². The number of Topliss-reactive ketones (excluding diaryl/α,β-unsaturated/α-hetero) is 6. The molecule has 0 spiro atoms. The first-order valence-corrected chi connectivity index (χ1v) is 6.35. The van der Waals surface area contributed by atoms with Gasteiger partial charge < -0.3 is 0 Å². The molecule has 0 aromatic rings. The van der Waals surface area contributed by atoms with E-state index in [1.165, 1.54) is 41.5 Å². The molecule has 0 bridgehead atoms. The minimum absolute atomic E-state index is 0. The van der Waals surface area contributed by atoms with Crippen molar-refractivity contribution < 1.29 is 55.0 Å². The van der Waals surface area contributed by atoms with Crippen LogP contribution in [0.1, 0.15) is 60.8 Å². The second-order valence-corrected chi connectivity index (χ2v) is 4.74. The minimum atomic E-state index is -0.0625. The number of carbonyl (C=O) groups excluding carboxylic acids is 6.